The number of nitrogens with zero attached hydrogens (tertiary/aromatic N) is 1. The zero-order valence-corrected chi connectivity index (χ0v) is 24.3. The van der Waals surface area contributed by atoms with Crippen LogP contribution in [0, 0.1) is 40.4 Å². The summed E-state index contributed by atoms with van der Waals surface area (Å²) < 4.78 is 11.8. The molecule has 0 amide bonds. The van der Waals surface area contributed by atoms with Gasteiger partial charge in [0.15, 0.2) is 5.54 Å². The Hall–Kier alpha value is -2.48. The number of carbonyl (C=O) groups excluding carboxylic acids is 4. The van der Waals surface area contributed by atoms with Crippen molar-refractivity contribution < 1.29 is 28.7 Å². The smallest absolute Gasteiger partial charge is 0.308 e. The third-order valence-electron chi connectivity index (χ3n) is 8.84. The third-order valence-corrected chi connectivity index (χ3v) is 8.84. The molecule has 216 valence electrons. The summed E-state index contributed by atoms with van der Waals surface area (Å²) in [5.74, 6) is -0.663. The maximum Gasteiger partial charge on any atom is 0.308 e. The van der Waals surface area contributed by atoms with Gasteiger partial charge >= 0.3 is 5.97 Å². The molecule has 0 heterocycles. The van der Waals surface area contributed by atoms with Gasteiger partial charge in [0.25, 0.3) is 0 Å². The quantitative estimate of drug-likeness (QED) is 0.180. The lowest BCUT2D eigenvalue weighted by molar-refractivity contribution is -0.158. The Morgan fingerprint density at radius 2 is 1.85 bits per heavy atom. The number of Topliss-reactive ketones (excluding diaryl/α,β-unsaturated/α-hetero) is 3. The van der Waals surface area contributed by atoms with Crippen molar-refractivity contribution in [1.82, 2.24) is 0 Å². The van der Waals surface area contributed by atoms with Gasteiger partial charge < -0.3 is 9.47 Å². The lowest BCUT2D eigenvalue weighted by atomic mass is 9.64. The molecule has 0 aromatic rings. The minimum atomic E-state index is -1.62. The molecule has 0 bridgehead atoms. The molecular weight excluding hydrogens is 498 g/mol. The minimum Gasteiger partial charge on any atom is -0.461 e. The van der Waals surface area contributed by atoms with Crippen LogP contribution in [0.1, 0.15) is 86.5 Å². The summed E-state index contributed by atoms with van der Waals surface area (Å²) in [6, 6.07) is 0. The van der Waals surface area contributed by atoms with E-state index in [-0.39, 0.29) is 47.9 Å². The van der Waals surface area contributed by atoms with Crippen LogP contribution in [0.2, 0.25) is 0 Å². The largest absolute Gasteiger partial charge is 0.461 e. The molecule has 0 N–H and O–H groups in total. The van der Waals surface area contributed by atoms with Crippen molar-refractivity contribution in [1.29, 1.82) is 0 Å². The summed E-state index contributed by atoms with van der Waals surface area (Å²) in [6.07, 6.45) is 10.8. The summed E-state index contributed by atoms with van der Waals surface area (Å²) in [5, 5.41) is 2.74. The van der Waals surface area contributed by atoms with E-state index >= 15 is 0 Å². The van der Waals surface area contributed by atoms with Crippen LogP contribution in [0.25, 0.3) is 0 Å². The topological polar surface area (TPSA) is 116 Å². The number of rotatable bonds is 12. The van der Waals surface area contributed by atoms with Crippen molar-refractivity contribution in [2.45, 2.75) is 104 Å². The second-order valence-corrected chi connectivity index (χ2v) is 12.5. The van der Waals surface area contributed by atoms with Crippen molar-refractivity contribution >= 4 is 23.3 Å². The number of ether oxygens (including phenoxy) is 2. The third kappa shape index (κ3) is 7.80. The van der Waals surface area contributed by atoms with E-state index in [2.05, 4.69) is 37.3 Å². The van der Waals surface area contributed by atoms with Crippen LogP contribution >= 0.6 is 0 Å². The van der Waals surface area contributed by atoms with Crippen molar-refractivity contribution in [2.24, 2.45) is 40.7 Å². The molecule has 3 aliphatic rings. The Kier molecular flexibility index (Phi) is 10.5. The molecule has 8 nitrogen and oxygen atoms in total. The van der Waals surface area contributed by atoms with E-state index in [4.69, 9.17) is 9.47 Å². The minimum absolute atomic E-state index is 0.0916. The lowest BCUT2D eigenvalue weighted by Crippen LogP contribution is -2.42. The van der Waals surface area contributed by atoms with Gasteiger partial charge in [-0.25, -0.2) is 0 Å². The van der Waals surface area contributed by atoms with Crippen molar-refractivity contribution in [3.05, 3.63) is 28.7 Å². The molecule has 0 saturated heterocycles. The number of fused-ring (bicyclic) bond motifs is 1. The first-order chi connectivity index (χ1) is 18.4. The highest BCUT2D eigenvalue weighted by Crippen LogP contribution is 2.46. The van der Waals surface area contributed by atoms with E-state index in [1.165, 1.54) is 19.4 Å². The summed E-state index contributed by atoms with van der Waals surface area (Å²) in [7, 11) is 0. The average molecular weight is 544 g/mol. The van der Waals surface area contributed by atoms with Gasteiger partial charge in [-0.3, -0.25) is 19.2 Å². The molecule has 8 atom stereocenters. The second kappa shape index (κ2) is 13.2. The molecule has 0 aromatic carbocycles. The molecule has 0 spiro atoms. The predicted octanol–water partition coefficient (Wildman–Crippen LogP) is 5.57. The Bertz CT molecular complexity index is 1010. The van der Waals surface area contributed by atoms with E-state index in [1.807, 2.05) is 13.8 Å². The molecule has 8 unspecified atom stereocenters. The van der Waals surface area contributed by atoms with Gasteiger partial charge in [0.2, 0.25) is 11.6 Å². The summed E-state index contributed by atoms with van der Waals surface area (Å²) >= 11 is 0. The standard InChI is InChI=1S/C31H45NO7/c1-7-19(3)30(36)39-27-13-18(2)12-22-10-8-20(4)25(28(22)27)11-9-21-14-23(33)16-24(15-21)38-17-26(34)29(35)31(5,6)32-37/h8,10,12,18-21,24-25,27-28H,7,9,11,13-17H2,1-6H3. The predicted molar refractivity (Wildman–Crippen MR) is 148 cm³/mol. The number of hydrogen-bond donors (Lipinski definition) is 0. The highest BCUT2D eigenvalue weighted by molar-refractivity contribution is 6.41. The van der Waals surface area contributed by atoms with Gasteiger partial charge in [-0.15, -0.1) is 4.91 Å². The number of nitroso groups, excluding NO2 is 1. The van der Waals surface area contributed by atoms with Crippen LogP contribution < -0.4 is 0 Å². The first kappa shape index (κ1) is 31.1. The first-order valence-corrected chi connectivity index (χ1v) is 14.5. The number of ketones is 3. The van der Waals surface area contributed by atoms with Crippen molar-refractivity contribution in [3.8, 4) is 0 Å². The van der Waals surface area contributed by atoms with Gasteiger partial charge in [-0.2, -0.15) is 0 Å². The van der Waals surface area contributed by atoms with Crippen LogP contribution in [0.5, 0.6) is 0 Å². The Morgan fingerprint density at radius 1 is 1.13 bits per heavy atom. The Labute approximate surface area is 232 Å². The van der Waals surface area contributed by atoms with E-state index in [0.29, 0.717) is 24.7 Å². The van der Waals surface area contributed by atoms with E-state index in [9.17, 15) is 24.1 Å². The zero-order chi connectivity index (χ0) is 28.9. The average Bonchev–Trinajstić information content (AvgIpc) is 2.89. The van der Waals surface area contributed by atoms with Gasteiger partial charge in [0.1, 0.15) is 18.5 Å². The van der Waals surface area contributed by atoms with Crippen molar-refractivity contribution in [3.63, 3.8) is 0 Å². The summed E-state index contributed by atoms with van der Waals surface area (Å²) in [4.78, 5) is 60.6. The number of esters is 1. The van der Waals surface area contributed by atoms with Gasteiger partial charge in [-0.05, 0) is 75.2 Å². The van der Waals surface area contributed by atoms with E-state index in [0.717, 1.165) is 25.7 Å². The molecule has 1 fully saturated rings. The Morgan fingerprint density at radius 3 is 2.51 bits per heavy atom. The molecule has 1 saturated carbocycles. The van der Waals surface area contributed by atoms with Gasteiger partial charge in [-0.1, -0.05) is 51.1 Å². The summed E-state index contributed by atoms with van der Waals surface area (Å²) in [6.45, 7) is 10.4. The maximum atomic E-state index is 12.7. The van der Waals surface area contributed by atoms with Crippen LogP contribution in [-0.2, 0) is 28.7 Å². The van der Waals surface area contributed by atoms with Crippen molar-refractivity contribution in [2.75, 3.05) is 6.61 Å². The highest BCUT2D eigenvalue weighted by atomic mass is 16.5. The Balaban J connectivity index is 1.64. The van der Waals surface area contributed by atoms with Crippen LogP contribution in [-0.4, -0.2) is 47.7 Å². The fourth-order valence-electron chi connectivity index (χ4n) is 6.27. The van der Waals surface area contributed by atoms with Crippen LogP contribution in [0.3, 0.4) is 0 Å². The fourth-order valence-corrected chi connectivity index (χ4v) is 6.27. The number of carbonyl (C=O) groups is 4. The monoisotopic (exact) mass is 543 g/mol. The molecule has 0 radical (unpaired) electrons. The molecule has 0 aliphatic heterocycles. The number of hydrogen-bond acceptors (Lipinski definition) is 8. The number of allylic oxidation sites excluding steroid dienone is 3. The molecule has 0 aromatic heterocycles. The molecule has 3 aliphatic carbocycles. The van der Waals surface area contributed by atoms with E-state index in [1.54, 1.807) is 0 Å². The van der Waals surface area contributed by atoms with E-state index < -0.39 is 29.8 Å². The maximum absolute atomic E-state index is 12.7. The lowest BCUT2D eigenvalue weighted by Gasteiger charge is -2.43. The van der Waals surface area contributed by atoms with Crippen LogP contribution in [0.4, 0.5) is 0 Å². The first-order valence-electron chi connectivity index (χ1n) is 14.5. The zero-order valence-electron chi connectivity index (χ0n) is 24.3. The fraction of sp³-hybridized carbons (Fsp3) is 0.742. The normalized spacial score (nSPS) is 31.6. The SMILES string of the molecule is CCC(C)C(=O)OC1CC(C)C=C2C=CC(C)C(CCC3CC(=O)CC(OCC(=O)C(=O)C(C)(C)N=O)C3)C21. The molecule has 39 heavy (non-hydrogen) atoms. The molecular formula is C31H45NO7. The van der Waals surface area contributed by atoms with Gasteiger partial charge in [0.05, 0.1) is 12.0 Å². The molecule has 3 rings (SSSR count). The van der Waals surface area contributed by atoms with Crippen LogP contribution in [0.15, 0.2) is 29.0 Å². The second-order valence-electron chi connectivity index (χ2n) is 12.5. The van der Waals surface area contributed by atoms with Gasteiger partial charge in [0, 0.05) is 18.8 Å². The molecule has 8 heteroatoms. The summed E-state index contributed by atoms with van der Waals surface area (Å²) in [5.41, 5.74) is -0.378. The highest BCUT2D eigenvalue weighted by Gasteiger charge is 2.42.